The molecule has 1 saturated heterocycles. The van der Waals surface area contributed by atoms with Gasteiger partial charge in [-0.25, -0.2) is 0 Å². The van der Waals surface area contributed by atoms with Crippen molar-refractivity contribution < 1.29 is 9.59 Å². The van der Waals surface area contributed by atoms with Gasteiger partial charge in [-0.3, -0.25) is 9.59 Å². The fraction of sp³-hybridized carbons (Fsp3) is 0.500. The summed E-state index contributed by atoms with van der Waals surface area (Å²) in [6, 6.07) is 8.96. The normalized spacial score (nSPS) is 19.6. The predicted molar refractivity (Wildman–Crippen MR) is 88.7 cm³/mol. The molecule has 1 aliphatic rings. The Kier molecular flexibility index (Phi) is 7.35. The van der Waals surface area contributed by atoms with E-state index in [2.05, 4.69) is 5.32 Å². The number of hydrogen-bond acceptors (Lipinski definition) is 3. The van der Waals surface area contributed by atoms with Gasteiger partial charge in [-0.15, -0.1) is 12.4 Å². The predicted octanol–water partition coefficient (Wildman–Crippen LogP) is 1.63. The minimum absolute atomic E-state index is 0. The van der Waals surface area contributed by atoms with Crippen LogP contribution in [0.2, 0.25) is 0 Å². The monoisotopic (exact) mass is 325 g/mol. The van der Waals surface area contributed by atoms with Crippen LogP contribution in [0.1, 0.15) is 37.8 Å². The Balaban J connectivity index is 0.00000242. The summed E-state index contributed by atoms with van der Waals surface area (Å²) in [6.45, 7) is 2.99. The van der Waals surface area contributed by atoms with Crippen LogP contribution in [0, 0.1) is 0 Å². The second kappa shape index (κ2) is 8.76. The molecule has 0 aliphatic carbocycles. The third-order valence-corrected chi connectivity index (χ3v) is 3.81. The van der Waals surface area contributed by atoms with E-state index in [-0.39, 0.29) is 36.7 Å². The fourth-order valence-corrected chi connectivity index (χ4v) is 2.71. The largest absolute Gasteiger partial charge is 0.354 e. The minimum atomic E-state index is -0.491. The van der Waals surface area contributed by atoms with Crippen LogP contribution in [0.15, 0.2) is 30.3 Å². The second-order valence-corrected chi connectivity index (χ2v) is 5.41. The van der Waals surface area contributed by atoms with Crippen molar-refractivity contribution in [3.8, 4) is 0 Å². The maximum atomic E-state index is 12.6. The Morgan fingerprint density at radius 3 is 2.73 bits per heavy atom. The van der Waals surface area contributed by atoms with E-state index in [1.807, 2.05) is 37.3 Å². The van der Waals surface area contributed by atoms with E-state index in [0.717, 1.165) is 12.0 Å². The van der Waals surface area contributed by atoms with Gasteiger partial charge in [-0.1, -0.05) is 43.7 Å². The Hall–Kier alpha value is -1.59. The molecule has 2 rings (SSSR count). The van der Waals surface area contributed by atoms with E-state index in [9.17, 15) is 9.59 Å². The molecule has 2 atom stereocenters. The van der Waals surface area contributed by atoms with Gasteiger partial charge in [-0.2, -0.15) is 0 Å². The second-order valence-electron chi connectivity index (χ2n) is 5.41. The molecule has 122 valence electrons. The molecule has 0 radical (unpaired) electrons. The van der Waals surface area contributed by atoms with Crippen molar-refractivity contribution >= 4 is 24.2 Å². The molecule has 1 fully saturated rings. The van der Waals surface area contributed by atoms with Crippen molar-refractivity contribution in [2.24, 2.45) is 5.73 Å². The molecular formula is C16H24ClN3O2. The number of carbonyl (C=O) groups excluding carboxylic acids is 2. The maximum Gasteiger partial charge on any atom is 0.240 e. The number of nitrogens with two attached hydrogens (primary N) is 1. The molecule has 6 heteroatoms. The van der Waals surface area contributed by atoms with Gasteiger partial charge in [0, 0.05) is 13.1 Å². The van der Waals surface area contributed by atoms with Crippen LogP contribution in [-0.4, -0.2) is 35.8 Å². The first-order valence-electron chi connectivity index (χ1n) is 7.51. The van der Waals surface area contributed by atoms with Crippen LogP contribution in [0.3, 0.4) is 0 Å². The first-order valence-corrected chi connectivity index (χ1v) is 7.51. The number of carbonyl (C=O) groups is 2. The number of rotatable bonds is 4. The van der Waals surface area contributed by atoms with E-state index in [1.165, 1.54) is 0 Å². The summed E-state index contributed by atoms with van der Waals surface area (Å²) < 4.78 is 0. The molecule has 1 aromatic carbocycles. The number of benzene rings is 1. The number of amides is 2. The summed E-state index contributed by atoms with van der Waals surface area (Å²) in [5.74, 6) is -0.0922. The fourth-order valence-electron chi connectivity index (χ4n) is 2.71. The summed E-state index contributed by atoms with van der Waals surface area (Å²) in [4.78, 5) is 26.2. The Bertz CT molecular complexity index is 495. The molecule has 1 heterocycles. The lowest BCUT2D eigenvalue weighted by Gasteiger charge is -2.31. The zero-order chi connectivity index (χ0) is 15.2. The molecule has 0 bridgehead atoms. The number of nitrogens with zero attached hydrogens (tertiary/aromatic N) is 1. The Morgan fingerprint density at radius 1 is 1.41 bits per heavy atom. The lowest BCUT2D eigenvalue weighted by Crippen LogP contribution is -2.46. The van der Waals surface area contributed by atoms with Gasteiger partial charge in [0.1, 0.15) is 0 Å². The highest BCUT2D eigenvalue weighted by Gasteiger charge is 2.31. The molecule has 0 saturated carbocycles. The van der Waals surface area contributed by atoms with Gasteiger partial charge < -0.3 is 16.0 Å². The topological polar surface area (TPSA) is 75.4 Å². The highest BCUT2D eigenvalue weighted by atomic mass is 35.5. The quantitative estimate of drug-likeness (QED) is 0.883. The first kappa shape index (κ1) is 18.5. The number of hydrogen-bond donors (Lipinski definition) is 2. The average molecular weight is 326 g/mol. The highest BCUT2D eigenvalue weighted by molar-refractivity contribution is 5.85. The third kappa shape index (κ3) is 4.45. The standard InChI is InChI=1S/C16H23N3O2.ClH/c1-2-6-13(17)16(21)19-10-9-18-15(20)11-14(19)12-7-4-3-5-8-12;/h3-5,7-8,13-14H,2,6,9-11,17H2,1H3,(H,18,20);1H. The smallest absolute Gasteiger partial charge is 0.240 e. The summed E-state index contributed by atoms with van der Waals surface area (Å²) in [5.41, 5.74) is 6.97. The van der Waals surface area contributed by atoms with Crippen LogP contribution < -0.4 is 11.1 Å². The van der Waals surface area contributed by atoms with Crippen LogP contribution in [0.25, 0.3) is 0 Å². The molecular weight excluding hydrogens is 302 g/mol. The summed E-state index contributed by atoms with van der Waals surface area (Å²) in [5, 5.41) is 2.83. The summed E-state index contributed by atoms with van der Waals surface area (Å²) in [7, 11) is 0. The molecule has 2 unspecified atom stereocenters. The average Bonchev–Trinajstić information content (AvgIpc) is 2.69. The zero-order valence-corrected chi connectivity index (χ0v) is 13.6. The molecule has 1 aliphatic heterocycles. The lowest BCUT2D eigenvalue weighted by atomic mass is 10.0. The first-order chi connectivity index (χ1) is 10.1. The van der Waals surface area contributed by atoms with Crippen molar-refractivity contribution in [3.05, 3.63) is 35.9 Å². The SMILES string of the molecule is CCCC(N)C(=O)N1CCNC(=O)CC1c1ccccc1.Cl. The maximum absolute atomic E-state index is 12.6. The van der Waals surface area contributed by atoms with E-state index < -0.39 is 6.04 Å². The molecule has 5 nitrogen and oxygen atoms in total. The molecule has 0 spiro atoms. The van der Waals surface area contributed by atoms with Crippen molar-refractivity contribution in [2.45, 2.75) is 38.3 Å². The van der Waals surface area contributed by atoms with Gasteiger partial charge in [0.05, 0.1) is 18.5 Å². The van der Waals surface area contributed by atoms with Gasteiger partial charge in [-0.05, 0) is 12.0 Å². The highest BCUT2D eigenvalue weighted by Crippen LogP contribution is 2.26. The lowest BCUT2D eigenvalue weighted by molar-refractivity contribution is -0.135. The van der Waals surface area contributed by atoms with Gasteiger partial charge in [0.25, 0.3) is 0 Å². The summed E-state index contributed by atoms with van der Waals surface area (Å²) in [6.07, 6.45) is 1.82. The van der Waals surface area contributed by atoms with Gasteiger partial charge in [0.2, 0.25) is 11.8 Å². The van der Waals surface area contributed by atoms with Crippen LogP contribution >= 0.6 is 12.4 Å². The van der Waals surface area contributed by atoms with Crippen molar-refractivity contribution in [2.75, 3.05) is 13.1 Å². The number of nitrogens with one attached hydrogen (secondary N) is 1. The third-order valence-electron chi connectivity index (χ3n) is 3.81. The van der Waals surface area contributed by atoms with Crippen molar-refractivity contribution in [3.63, 3.8) is 0 Å². The molecule has 22 heavy (non-hydrogen) atoms. The van der Waals surface area contributed by atoms with Crippen LogP contribution in [0.5, 0.6) is 0 Å². The van der Waals surface area contributed by atoms with Crippen molar-refractivity contribution in [1.82, 2.24) is 10.2 Å². The summed E-state index contributed by atoms with van der Waals surface area (Å²) >= 11 is 0. The van der Waals surface area contributed by atoms with E-state index in [0.29, 0.717) is 19.5 Å². The van der Waals surface area contributed by atoms with Crippen LogP contribution in [0.4, 0.5) is 0 Å². The van der Waals surface area contributed by atoms with Crippen molar-refractivity contribution in [1.29, 1.82) is 0 Å². The van der Waals surface area contributed by atoms with Gasteiger partial charge >= 0.3 is 0 Å². The Morgan fingerprint density at radius 2 is 2.09 bits per heavy atom. The number of halogens is 1. The molecule has 2 amide bonds. The van der Waals surface area contributed by atoms with E-state index >= 15 is 0 Å². The van der Waals surface area contributed by atoms with Crippen LogP contribution in [-0.2, 0) is 9.59 Å². The van der Waals surface area contributed by atoms with E-state index in [4.69, 9.17) is 5.73 Å². The van der Waals surface area contributed by atoms with E-state index in [1.54, 1.807) is 4.90 Å². The van der Waals surface area contributed by atoms with Gasteiger partial charge in [0.15, 0.2) is 0 Å². The zero-order valence-electron chi connectivity index (χ0n) is 12.8. The molecule has 1 aromatic rings. The molecule has 3 N–H and O–H groups in total. The minimum Gasteiger partial charge on any atom is -0.354 e. The Labute approximate surface area is 137 Å². The molecule has 0 aromatic heterocycles.